The van der Waals surface area contributed by atoms with Gasteiger partial charge in [-0.25, -0.2) is 0 Å². The first-order valence-corrected chi connectivity index (χ1v) is 6.91. The third-order valence-corrected chi connectivity index (χ3v) is 3.15. The second-order valence-electron chi connectivity index (χ2n) is 4.69. The molecular formula is C15H24N2O3. The normalized spacial score (nSPS) is 12.0. The Balaban J connectivity index is 2.83. The maximum absolute atomic E-state index is 12.3. The van der Waals surface area contributed by atoms with Gasteiger partial charge < -0.3 is 20.5 Å². The van der Waals surface area contributed by atoms with Gasteiger partial charge in [-0.3, -0.25) is 4.79 Å². The van der Waals surface area contributed by atoms with Crippen molar-refractivity contribution in [1.29, 1.82) is 0 Å². The molecule has 0 fully saturated rings. The Labute approximate surface area is 120 Å². The van der Waals surface area contributed by atoms with Crippen molar-refractivity contribution in [3.05, 3.63) is 29.8 Å². The minimum Gasteiger partial charge on any atom is -0.496 e. The molecule has 5 nitrogen and oxygen atoms in total. The van der Waals surface area contributed by atoms with Crippen LogP contribution in [-0.2, 0) is 11.3 Å². The molecule has 112 valence electrons. The van der Waals surface area contributed by atoms with Crippen molar-refractivity contribution < 1.29 is 14.6 Å². The molecule has 3 N–H and O–H groups in total. The zero-order chi connectivity index (χ0) is 15.0. The van der Waals surface area contributed by atoms with Gasteiger partial charge in [0.15, 0.2) is 0 Å². The Kier molecular flexibility index (Phi) is 7.04. The number of nitrogens with zero attached hydrogens (tertiary/aromatic N) is 1. The molecule has 0 aliphatic rings. The average molecular weight is 280 g/mol. The van der Waals surface area contributed by atoms with Gasteiger partial charge in [-0.15, -0.1) is 0 Å². The molecular weight excluding hydrogens is 256 g/mol. The summed E-state index contributed by atoms with van der Waals surface area (Å²) in [4.78, 5) is 13.9. The van der Waals surface area contributed by atoms with E-state index in [0.717, 1.165) is 17.7 Å². The molecule has 0 bridgehead atoms. The molecule has 20 heavy (non-hydrogen) atoms. The molecule has 0 aliphatic carbocycles. The van der Waals surface area contributed by atoms with E-state index >= 15 is 0 Å². The van der Waals surface area contributed by atoms with Crippen LogP contribution in [0, 0.1) is 0 Å². The molecule has 1 atom stereocenters. The lowest BCUT2D eigenvalue weighted by atomic mass is 10.1. The number of benzene rings is 1. The van der Waals surface area contributed by atoms with E-state index in [1.54, 1.807) is 12.0 Å². The number of aliphatic hydroxyl groups is 1. The molecule has 0 heterocycles. The Morgan fingerprint density at radius 3 is 2.75 bits per heavy atom. The number of methoxy groups -OCH3 is 1. The van der Waals surface area contributed by atoms with Gasteiger partial charge in [-0.1, -0.05) is 31.5 Å². The number of nitrogens with two attached hydrogens (primary N) is 1. The zero-order valence-electron chi connectivity index (χ0n) is 12.2. The Morgan fingerprint density at radius 2 is 2.15 bits per heavy atom. The highest BCUT2D eigenvalue weighted by Crippen LogP contribution is 2.19. The third kappa shape index (κ3) is 4.51. The lowest BCUT2D eigenvalue weighted by Crippen LogP contribution is -2.44. The molecule has 1 aromatic rings. The van der Waals surface area contributed by atoms with Crippen LogP contribution in [0.25, 0.3) is 0 Å². The fraction of sp³-hybridized carbons (Fsp3) is 0.533. The van der Waals surface area contributed by atoms with Crippen LogP contribution in [0.3, 0.4) is 0 Å². The van der Waals surface area contributed by atoms with E-state index in [1.807, 2.05) is 31.2 Å². The summed E-state index contributed by atoms with van der Waals surface area (Å²) in [6.07, 6.45) is 1.50. The third-order valence-electron chi connectivity index (χ3n) is 3.15. The van der Waals surface area contributed by atoms with E-state index in [-0.39, 0.29) is 19.1 Å². The van der Waals surface area contributed by atoms with E-state index in [4.69, 9.17) is 15.6 Å². The van der Waals surface area contributed by atoms with E-state index in [2.05, 4.69) is 0 Å². The van der Waals surface area contributed by atoms with Crippen LogP contribution in [0.1, 0.15) is 25.3 Å². The summed E-state index contributed by atoms with van der Waals surface area (Å²) < 4.78 is 5.28. The van der Waals surface area contributed by atoms with Crippen LogP contribution in [-0.4, -0.2) is 42.2 Å². The number of hydrogen-bond donors (Lipinski definition) is 2. The summed E-state index contributed by atoms with van der Waals surface area (Å²) >= 11 is 0. The molecule has 0 aliphatic heterocycles. The smallest absolute Gasteiger partial charge is 0.239 e. The fourth-order valence-corrected chi connectivity index (χ4v) is 2.10. The zero-order valence-corrected chi connectivity index (χ0v) is 12.2. The van der Waals surface area contributed by atoms with E-state index in [0.29, 0.717) is 13.0 Å². The van der Waals surface area contributed by atoms with Crippen LogP contribution in [0.2, 0.25) is 0 Å². The van der Waals surface area contributed by atoms with Crippen molar-refractivity contribution in [3.63, 3.8) is 0 Å². The number of carbonyl (C=O) groups is 1. The predicted octanol–water partition coefficient (Wildman–Crippen LogP) is 1.14. The van der Waals surface area contributed by atoms with E-state index in [9.17, 15) is 4.79 Å². The number of carbonyl (C=O) groups excluding carboxylic acids is 1. The number of para-hydroxylation sites is 1. The largest absolute Gasteiger partial charge is 0.496 e. The maximum atomic E-state index is 12.3. The molecule has 1 aromatic carbocycles. The minimum atomic E-state index is -0.513. The van der Waals surface area contributed by atoms with E-state index in [1.165, 1.54) is 0 Å². The molecule has 1 amide bonds. The van der Waals surface area contributed by atoms with E-state index < -0.39 is 6.04 Å². The van der Waals surface area contributed by atoms with Crippen molar-refractivity contribution in [2.75, 3.05) is 20.3 Å². The van der Waals surface area contributed by atoms with Gasteiger partial charge in [0.2, 0.25) is 5.91 Å². The first-order chi connectivity index (χ1) is 9.63. The summed E-state index contributed by atoms with van der Waals surface area (Å²) in [5, 5.41) is 9.14. The SMILES string of the molecule is CCC[C@H](N)C(=O)N(CCO)Cc1ccccc1OC. The van der Waals surface area contributed by atoms with Crippen molar-refractivity contribution in [2.45, 2.75) is 32.4 Å². The first-order valence-electron chi connectivity index (χ1n) is 6.91. The highest BCUT2D eigenvalue weighted by atomic mass is 16.5. The van der Waals surface area contributed by atoms with Crippen LogP contribution in [0.4, 0.5) is 0 Å². The van der Waals surface area contributed by atoms with Crippen LogP contribution < -0.4 is 10.5 Å². The van der Waals surface area contributed by atoms with Gasteiger partial charge in [0, 0.05) is 18.7 Å². The van der Waals surface area contributed by atoms with Gasteiger partial charge in [0.05, 0.1) is 19.8 Å². The monoisotopic (exact) mass is 280 g/mol. The molecule has 0 aromatic heterocycles. The Bertz CT molecular complexity index is 423. The maximum Gasteiger partial charge on any atom is 0.239 e. The summed E-state index contributed by atoms with van der Waals surface area (Å²) in [5.41, 5.74) is 6.78. The molecule has 0 spiro atoms. The second-order valence-corrected chi connectivity index (χ2v) is 4.69. The lowest BCUT2D eigenvalue weighted by molar-refractivity contribution is -0.133. The van der Waals surface area contributed by atoms with Crippen LogP contribution in [0.5, 0.6) is 5.75 Å². The van der Waals surface area contributed by atoms with Gasteiger partial charge in [0.1, 0.15) is 5.75 Å². The number of aliphatic hydroxyl groups excluding tert-OH is 1. The average Bonchev–Trinajstić information content (AvgIpc) is 2.46. The predicted molar refractivity (Wildman–Crippen MR) is 78.4 cm³/mol. The first kappa shape index (κ1) is 16.5. The summed E-state index contributed by atoms with van der Waals surface area (Å²) in [6.45, 7) is 2.57. The number of amides is 1. The summed E-state index contributed by atoms with van der Waals surface area (Å²) in [6, 6.07) is 7.01. The molecule has 1 rings (SSSR count). The topological polar surface area (TPSA) is 75.8 Å². The molecule has 0 saturated heterocycles. The van der Waals surface area contributed by atoms with Gasteiger partial charge >= 0.3 is 0 Å². The van der Waals surface area contributed by atoms with Crippen LogP contribution in [0.15, 0.2) is 24.3 Å². The fourth-order valence-electron chi connectivity index (χ4n) is 2.10. The lowest BCUT2D eigenvalue weighted by Gasteiger charge is -2.25. The van der Waals surface area contributed by atoms with Gasteiger partial charge in [-0.2, -0.15) is 0 Å². The highest BCUT2D eigenvalue weighted by Gasteiger charge is 2.21. The molecule has 0 unspecified atom stereocenters. The molecule has 5 heteroatoms. The molecule has 0 radical (unpaired) electrons. The minimum absolute atomic E-state index is 0.0836. The Hall–Kier alpha value is -1.59. The molecule has 0 saturated carbocycles. The number of ether oxygens (including phenoxy) is 1. The van der Waals surface area contributed by atoms with Crippen molar-refractivity contribution in [3.8, 4) is 5.75 Å². The summed E-state index contributed by atoms with van der Waals surface area (Å²) in [5.74, 6) is 0.596. The number of rotatable bonds is 8. The van der Waals surface area contributed by atoms with Gasteiger partial charge in [-0.05, 0) is 12.5 Å². The van der Waals surface area contributed by atoms with Gasteiger partial charge in [0.25, 0.3) is 0 Å². The summed E-state index contributed by atoms with van der Waals surface area (Å²) in [7, 11) is 1.60. The quantitative estimate of drug-likeness (QED) is 0.749. The van der Waals surface area contributed by atoms with Crippen LogP contribution >= 0.6 is 0 Å². The van der Waals surface area contributed by atoms with Crippen molar-refractivity contribution >= 4 is 5.91 Å². The second kappa shape index (κ2) is 8.55. The number of hydrogen-bond acceptors (Lipinski definition) is 4. The van der Waals surface area contributed by atoms with Crippen molar-refractivity contribution in [2.24, 2.45) is 5.73 Å². The highest BCUT2D eigenvalue weighted by molar-refractivity contribution is 5.81. The Morgan fingerprint density at radius 1 is 1.45 bits per heavy atom. The van der Waals surface area contributed by atoms with Crippen molar-refractivity contribution in [1.82, 2.24) is 4.90 Å². The standard InChI is InChI=1S/C15H24N2O3/c1-3-6-13(16)15(19)17(9-10-18)11-12-7-4-5-8-14(12)20-2/h4-5,7-8,13,18H,3,6,9-11,16H2,1-2H3/t13-/m0/s1.